The molecule has 0 bridgehead atoms. The van der Waals surface area contributed by atoms with Crippen molar-refractivity contribution in [3.8, 4) is 5.75 Å². The van der Waals surface area contributed by atoms with E-state index in [4.69, 9.17) is 4.74 Å². The number of thioether (sulfide) groups is 1. The van der Waals surface area contributed by atoms with Crippen LogP contribution in [0.3, 0.4) is 0 Å². The van der Waals surface area contributed by atoms with Gasteiger partial charge in [0.05, 0.1) is 12.9 Å². The molecule has 0 aliphatic heterocycles. The minimum absolute atomic E-state index is 0.00869. The van der Waals surface area contributed by atoms with Crippen LogP contribution in [0.2, 0.25) is 0 Å². The van der Waals surface area contributed by atoms with Crippen LogP contribution in [0, 0.1) is 13.8 Å². The van der Waals surface area contributed by atoms with E-state index in [1.165, 1.54) is 16.7 Å². The predicted octanol–water partition coefficient (Wildman–Crippen LogP) is 5.41. The summed E-state index contributed by atoms with van der Waals surface area (Å²) < 4.78 is 5.37. The van der Waals surface area contributed by atoms with Gasteiger partial charge in [-0.1, -0.05) is 61.2 Å². The Labute approximate surface area is 208 Å². The number of amides is 2. The summed E-state index contributed by atoms with van der Waals surface area (Å²) in [4.78, 5) is 28.4. The summed E-state index contributed by atoms with van der Waals surface area (Å²) in [7, 11) is 1.63. The molecule has 1 aliphatic carbocycles. The predicted molar refractivity (Wildman–Crippen MR) is 140 cm³/mol. The second-order valence-electron chi connectivity index (χ2n) is 9.28. The van der Waals surface area contributed by atoms with Gasteiger partial charge in [-0.2, -0.15) is 0 Å². The van der Waals surface area contributed by atoms with Crippen molar-refractivity contribution in [3.05, 3.63) is 64.7 Å². The number of rotatable bonds is 11. The van der Waals surface area contributed by atoms with Crippen LogP contribution in [0.1, 0.15) is 61.3 Å². The summed E-state index contributed by atoms with van der Waals surface area (Å²) in [6.07, 6.45) is 4.94. The number of nitrogens with zero attached hydrogens (tertiary/aromatic N) is 1. The van der Waals surface area contributed by atoms with E-state index in [0.717, 1.165) is 42.7 Å². The maximum atomic E-state index is 13.5. The molecule has 0 spiro atoms. The Morgan fingerprint density at radius 2 is 1.79 bits per heavy atom. The molecule has 184 valence electrons. The Balaban J connectivity index is 1.72. The van der Waals surface area contributed by atoms with Gasteiger partial charge in [0, 0.05) is 18.3 Å². The molecule has 34 heavy (non-hydrogen) atoms. The molecule has 2 aromatic rings. The van der Waals surface area contributed by atoms with E-state index >= 15 is 0 Å². The number of ether oxygens (including phenoxy) is 1. The van der Waals surface area contributed by atoms with Crippen LogP contribution < -0.4 is 10.1 Å². The molecule has 0 radical (unpaired) electrons. The van der Waals surface area contributed by atoms with E-state index in [9.17, 15) is 9.59 Å². The number of carbonyl (C=O) groups is 2. The fourth-order valence-electron chi connectivity index (χ4n) is 4.75. The van der Waals surface area contributed by atoms with Crippen molar-refractivity contribution in [2.24, 2.45) is 0 Å². The summed E-state index contributed by atoms with van der Waals surface area (Å²) >= 11 is 1.60. The van der Waals surface area contributed by atoms with Gasteiger partial charge in [-0.25, -0.2) is 0 Å². The van der Waals surface area contributed by atoms with Gasteiger partial charge in [0.2, 0.25) is 11.8 Å². The molecular formula is C28H38N2O3S. The number of aryl methyl sites for hydroxylation is 2. The number of hydrogen-bond donors (Lipinski definition) is 1. The lowest BCUT2D eigenvalue weighted by Gasteiger charge is -2.31. The highest BCUT2D eigenvalue weighted by atomic mass is 32.2. The third-order valence-corrected chi connectivity index (χ3v) is 7.34. The first-order valence-corrected chi connectivity index (χ1v) is 13.4. The summed E-state index contributed by atoms with van der Waals surface area (Å²) in [5.41, 5.74) is 4.65. The Hall–Kier alpha value is -2.47. The SMILES string of the molecule is CC[C@@H](C(=O)NC1CCCC1)N(Cc1cccc(OC)c1)C(=O)CSCc1cc(C)cc(C)c1. The Morgan fingerprint density at radius 3 is 2.44 bits per heavy atom. The number of methoxy groups -OCH3 is 1. The largest absolute Gasteiger partial charge is 0.497 e. The number of hydrogen-bond acceptors (Lipinski definition) is 4. The first-order valence-electron chi connectivity index (χ1n) is 12.3. The van der Waals surface area contributed by atoms with Gasteiger partial charge in [0.15, 0.2) is 0 Å². The normalized spacial score (nSPS) is 14.6. The van der Waals surface area contributed by atoms with Crippen molar-refractivity contribution in [2.75, 3.05) is 12.9 Å². The molecule has 0 unspecified atom stereocenters. The van der Waals surface area contributed by atoms with Gasteiger partial charge in [-0.15, -0.1) is 11.8 Å². The van der Waals surface area contributed by atoms with Crippen molar-refractivity contribution < 1.29 is 14.3 Å². The Kier molecular flexibility index (Phi) is 9.87. The average molecular weight is 483 g/mol. The molecule has 1 atom stereocenters. The van der Waals surface area contributed by atoms with E-state index in [-0.39, 0.29) is 17.9 Å². The quantitative estimate of drug-likeness (QED) is 0.465. The maximum absolute atomic E-state index is 13.5. The van der Waals surface area contributed by atoms with Crippen molar-refractivity contribution >= 4 is 23.6 Å². The lowest BCUT2D eigenvalue weighted by atomic mass is 10.1. The highest BCUT2D eigenvalue weighted by Crippen LogP contribution is 2.22. The number of nitrogens with one attached hydrogen (secondary N) is 1. The molecule has 1 fully saturated rings. The Morgan fingerprint density at radius 1 is 1.09 bits per heavy atom. The molecule has 5 nitrogen and oxygen atoms in total. The van der Waals surface area contributed by atoms with Crippen molar-refractivity contribution in [1.82, 2.24) is 10.2 Å². The molecule has 1 N–H and O–H groups in total. The van der Waals surface area contributed by atoms with Gasteiger partial charge in [0.25, 0.3) is 0 Å². The van der Waals surface area contributed by atoms with Crippen molar-refractivity contribution in [1.29, 1.82) is 0 Å². The summed E-state index contributed by atoms with van der Waals surface area (Å²) in [6, 6.07) is 14.0. The smallest absolute Gasteiger partial charge is 0.243 e. The molecule has 0 saturated heterocycles. The standard InChI is InChI=1S/C28H38N2O3S/c1-5-26(28(32)29-24-10-6-7-11-24)30(17-22-9-8-12-25(16-22)33-4)27(31)19-34-18-23-14-20(2)13-21(3)15-23/h8-9,12-16,24,26H,5-7,10-11,17-19H2,1-4H3,(H,29,32)/t26-/m0/s1. The summed E-state index contributed by atoms with van der Waals surface area (Å²) in [6.45, 7) is 6.55. The lowest BCUT2D eigenvalue weighted by Crippen LogP contribution is -2.51. The highest BCUT2D eigenvalue weighted by molar-refractivity contribution is 7.99. The molecule has 3 rings (SSSR count). The molecule has 2 aromatic carbocycles. The van der Waals surface area contributed by atoms with E-state index in [0.29, 0.717) is 18.7 Å². The van der Waals surface area contributed by atoms with Crippen LogP contribution in [0.15, 0.2) is 42.5 Å². The van der Waals surface area contributed by atoms with Crippen LogP contribution in [-0.2, 0) is 21.9 Å². The van der Waals surface area contributed by atoms with Crippen LogP contribution in [0.5, 0.6) is 5.75 Å². The van der Waals surface area contributed by atoms with E-state index in [2.05, 4.69) is 37.4 Å². The molecule has 0 heterocycles. The summed E-state index contributed by atoms with van der Waals surface area (Å²) in [5, 5.41) is 3.20. The fraction of sp³-hybridized carbons (Fsp3) is 0.500. The van der Waals surface area contributed by atoms with Crippen LogP contribution in [0.4, 0.5) is 0 Å². The van der Waals surface area contributed by atoms with E-state index < -0.39 is 6.04 Å². The van der Waals surface area contributed by atoms with E-state index in [1.807, 2.05) is 31.2 Å². The molecule has 1 aliphatic rings. The van der Waals surface area contributed by atoms with Crippen LogP contribution in [-0.4, -0.2) is 41.7 Å². The van der Waals surface area contributed by atoms with Gasteiger partial charge in [-0.3, -0.25) is 9.59 Å². The molecule has 1 saturated carbocycles. The Bertz CT molecular complexity index is 952. The van der Waals surface area contributed by atoms with Gasteiger partial charge >= 0.3 is 0 Å². The zero-order chi connectivity index (χ0) is 24.5. The first kappa shape index (κ1) is 26.1. The minimum atomic E-state index is -0.485. The topological polar surface area (TPSA) is 58.6 Å². The van der Waals surface area contributed by atoms with Crippen LogP contribution in [0.25, 0.3) is 0 Å². The molecular weight excluding hydrogens is 444 g/mol. The zero-order valence-electron chi connectivity index (χ0n) is 20.9. The fourth-order valence-corrected chi connectivity index (χ4v) is 5.59. The monoisotopic (exact) mass is 482 g/mol. The molecule has 6 heteroatoms. The number of carbonyl (C=O) groups excluding carboxylic acids is 2. The van der Waals surface area contributed by atoms with Gasteiger partial charge in [-0.05, 0) is 56.4 Å². The average Bonchev–Trinajstić information content (AvgIpc) is 3.31. The van der Waals surface area contributed by atoms with Crippen molar-refractivity contribution in [2.45, 2.75) is 77.3 Å². The molecule has 2 amide bonds. The van der Waals surface area contributed by atoms with Crippen LogP contribution >= 0.6 is 11.8 Å². The third kappa shape index (κ3) is 7.52. The first-order chi connectivity index (χ1) is 16.4. The summed E-state index contributed by atoms with van der Waals surface area (Å²) in [5.74, 6) is 1.81. The minimum Gasteiger partial charge on any atom is -0.497 e. The maximum Gasteiger partial charge on any atom is 0.243 e. The lowest BCUT2D eigenvalue weighted by molar-refractivity contribution is -0.139. The highest BCUT2D eigenvalue weighted by Gasteiger charge is 2.30. The zero-order valence-corrected chi connectivity index (χ0v) is 21.7. The van der Waals surface area contributed by atoms with E-state index in [1.54, 1.807) is 23.8 Å². The van der Waals surface area contributed by atoms with Gasteiger partial charge in [0.1, 0.15) is 11.8 Å². The third-order valence-electron chi connectivity index (χ3n) is 6.35. The van der Waals surface area contributed by atoms with Gasteiger partial charge < -0.3 is 15.0 Å². The second-order valence-corrected chi connectivity index (χ2v) is 10.3. The number of benzene rings is 2. The van der Waals surface area contributed by atoms with Crippen molar-refractivity contribution in [3.63, 3.8) is 0 Å². The molecule has 0 aromatic heterocycles. The second kappa shape index (κ2) is 12.8.